The van der Waals surface area contributed by atoms with Crippen molar-refractivity contribution in [1.29, 1.82) is 0 Å². The van der Waals surface area contributed by atoms with E-state index in [1.807, 2.05) is 30.3 Å². The summed E-state index contributed by atoms with van der Waals surface area (Å²) in [6.07, 6.45) is 4.23. The Morgan fingerprint density at radius 2 is 1.79 bits per heavy atom. The van der Waals surface area contributed by atoms with Gasteiger partial charge in [-0.3, -0.25) is 4.79 Å². The molecule has 4 rings (SSSR count). The third kappa shape index (κ3) is 4.57. The molecule has 1 atom stereocenters. The minimum Gasteiger partial charge on any atom is -0.356 e. The van der Waals surface area contributed by atoms with E-state index in [1.165, 1.54) is 0 Å². The molecule has 7 heteroatoms. The molecule has 1 aliphatic carbocycles. The quantitative estimate of drug-likeness (QED) is 0.679. The topological polar surface area (TPSA) is 66.5 Å². The van der Waals surface area contributed by atoms with E-state index in [-0.39, 0.29) is 16.8 Å². The Balaban J connectivity index is 1.74. The van der Waals surface area contributed by atoms with Crippen LogP contribution in [0.3, 0.4) is 0 Å². The minimum absolute atomic E-state index is 0.0275. The monoisotopic (exact) mass is 476 g/mol. The highest BCUT2D eigenvalue weighted by molar-refractivity contribution is 9.10. The van der Waals surface area contributed by atoms with Gasteiger partial charge < -0.3 is 5.32 Å². The summed E-state index contributed by atoms with van der Waals surface area (Å²) >= 11 is 3.46. The van der Waals surface area contributed by atoms with Crippen LogP contribution in [0, 0.1) is 0 Å². The lowest BCUT2D eigenvalue weighted by Crippen LogP contribution is -2.34. The summed E-state index contributed by atoms with van der Waals surface area (Å²) in [5.74, 6) is -0.532. The summed E-state index contributed by atoms with van der Waals surface area (Å²) in [5.41, 5.74) is 1.56. The van der Waals surface area contributed by atoms with Crippen LogP contribution in [-0.2, 0) is 21.4 Å². The Hall–Kier alpha value is -1.70. The van der Waals surface area contributed by atoms with Crippen molar-refractivity contribution in [1.82, 2.24) is 9.62 Å². The number of amides is 1. The van der Waals surface area contributed by atoms with E-state index in [0.717, 1.165) is 35.7 Å². The van der Waals surface area contributed by atoms with Crippen LogP contribution in [-0.4, -0.2) is 31.2 Å². The lowest BCUT2D eigenvalue weighted by atomic mass is 9.94. The van der Waals surface area contributed by atoms with E-state index in [2.05, 4.69) is 21.2 Å². The Morgan fingerprint density at radius 1 is 1.03 bits per heavy atom. The maximum absolute atomic E-state index is 13.8. The molecule has 1 N–H and O–H groups in total. The Kier molecular flexibility index (Phi) is 6.08. The number of hydrogen-bond donors (Lipinski definition) is 1. The van der Waals surface area contributed by atoms with E-state index >= 15 is 0 Å². The molecular weight excluding hydrogens is 452 g/mol. The molecule has 1 aliphatic heterocycles. The van der Waals surface area contributed by atoms with Gasteiger partial charge in [-0.15, -0.1) is 0 Å². The van der Waals surface area contributed by atoms with Crippen molar-refractivity contribution in [3.63, 3.8) is 0 Å². The van der Waals surface area contributed by atoms with Gasteiger partial charge in [-0.1, -0.05) is 52.7 Å². The first-order valence-electron chi connectivity index (χ1n) is 10.1. The van der Waals surface area contributed by atoms with E-state index < -0.39 is 15.9 Å². The molecule has 2 fully saturated rings. The minimum atomic E-state index is -3.74. The second-order valence-corrected chi connectivity index (χ2v) is 10.6. The summed E-state index contributed by atoms with van der Waals surface area (Å²) in [6, 6.07) is 14.9. The summed E-state index contributed by atoms with van der Waals surface area (Å²) in [7, 11) is -3.74. The second-order valence-electron chi connectivity index (χ2n) is 7.79. The van der Waals surface area contributed by atoms with Crippen LogP contribution < -0.4 is 5.32 Å². The molecule has 1 heterocycles. The smallest absolute Gasteiger partial charge is 0.243 e. The van der Waals surface area contributed by atoms with E-state index in [0.29, 0.717) is 25.1 Å². The fraction of sp³-hybridized carbons (Fsp3) is 0.409. The van der Waals surface area contributed by atoms with Crippen LogP contribution in [0.25, 0.3) is 0 Å². The maximum atomic E-state index is 13.8. The predicted molar refractivity (Wildman–Crippen MR) is 116 cm³/mol. The van der Waals surface area contributed by atoms with Gasteiger partial charge in [0.1, 0.15) is 0 Å². The first-order chi connectivity index (χ1) is 14.0. The van der Waals surface area contributed by atoms with Crippen LogP contribution in [0.2, 0.25) is 0 Å². The number of nitrogens with zero attached hydrogens (tertiary/aromatic N) is 1. The van der Waals surface area contributed by atoms with Gasteiger partial charge in [0, 0.05) is 23.6 Å². The first-order valence-corrected chi connectivity index (χ1v) is 12.3. The van der Waals surface area contributed by atoms with Crippen LogP contribution in [0.1, 0.15) is 49.1 Å². The van der Waals surface area contributed by atoms with Crippen molar-refractivity contribution in [2.75, 3.05) is 6.54 Å². The van der Waals surface area contributed by atoms with Gasteiger partial charge in [0.2, 0.25) is 15.9 Å². The Bertz CT molecular complexity index is 990. The van der Waals surface area contributed by atoms with Crippen molar-refractivity contribution < 1.29 is 13.2 Å². The van der Waals surface area contributed by atoms with Gasteiger partial charge in [0.15, 0.2) is 0 Å². The zero-order valence-corrected chi connectivity index (χ0v) is 18.6. The lowest BCUT2D eigenvalue weighted by molar-refractivity contribution is -0.122. The lowest BCUT2D eigenvalue weighted by Gasteiger charge is -2.25. The number of halogens is 1. The molecule has 0 spiro atoms. The zero-order valence-electron chi connectivity index (χ0n) is 16.2. The normalized spacial score (nSPS) is 20.3. The van der Waals surface area contributed by atoms with Crippen molar-refractivity contribution in [3.05, 3.63) is 64.1 Å². The standard InChI is InChI=1S/C22H25BrN2O3S/c23-17-9-12-21(20(14-17)19-8-4-5-13-24-22(19)26)29(27,28)25(18-10-11-18)15-16-6-2-1-3-7-16/h1-3,6-7,9,12,14,18-19H,4-5,8,10-11,13,15H2,(H,24,26)/t19-/m1/s1. The number of sulfonamides is 1. The van der Waals surface area contributed by atoms with Crippen LogP contribution in [0.5, 0.6) is 0 Å². The van der Waals surface area contributed by atoms with E-state index in [1.54, 1.807) is 22.5 Å². The third-order valence-electron chi connectivity index (χ3n) is 5.60. The molecule has 1 saturated carbocycles. The average Bonchev–Trinajstić information content (AvgIpc) is 3.55. The number of nitrogens with one attached hydrogen (secondary N) is 1. The van der Waals surface area contributed by atoms with Crippen molar-refractivity contribution >= 4 is 31.9 Å². The van der Waals surface area contributed by atoms with Gasteiger partial charge in [-0.2, -0.15) is 4.31 Å². The highest BCUT2D eigenvalue weighted by atomic mass is 79.9. The molecule has 0 aromatic heterocycles. The molecular formula is C22H25BrN2O3S. The number of carbonyl (C=O) groups excluding carboxylic acids is 1. The molecule has 2 aromatic rings. The third-order valence-corrected chi connectivity index (χ3v) is 8.07. The molecule has 2 aliphatic rings. The largest absolute Gasteiger partial charge is 0.356 e. The predicted octanol–water partition coefficient (Wildman–Crippen LogP) is 4.19. The number of benzene rings is 2. The maximum Gasteiger partial charge on any atom is 0.243 e. The fourth-order valence-corrected chi connectivity index (χ4v) is 6.22. The van der Waals surface area contributed by atoms with Crippen LogP contribution in [0.15, 0.2) is 57.9 Å². The molecule has 0 bridgehead atoms. The summed E-state index contributed by atoms with van der Waals surface area (Å²) in [5, 5.41) is 2.93. The fourth-order valence-electron chi connectivity index (χ4n) is 3.93. The highest BCUT2D eigenvalue weighted by Crippen LogP contribution is 2.38. The molecule has 29 heavy (non-hydrogen) atoms. The van der Waals surface area contributed by atoms with Gasteiger partial charge >= 0.3 is 0 Å². The summed E-state index contributed by atoms with van der Waals surface area (Å²) in [4.78, 5) is 12.9. The van der Waals surface area contributed by atoms with Gasteiger partial charge in [-0.25, -0.2) is 8.42 Å². The Labute approximate surface area is 180 Å². The van der Waals surface area contributed by atoms with Crippen LogP contribution >= 0.6 is 15.9 Å². The van der Waals surface area contributed by atoms with Crippen LogP contribution in [0.4, 0.5) is 0 Å². The van der Waals surface area contributed by atoms with Crippen molar-refractivity contribution in [3.8, 4) is 0 Å². The zero-order chi connectivity index (χ0) is 20.4. The molecule has 2 aromatic carbocycles. The van der Waals surface area contributed by atoms with Gasteiger partial charge in [0.05, 0.1) is 10.8 Å². The summed E-state index contributed by atoms with van der Waals surface area (Å²) in [6.45, 7) is 0.994. The van der Waals surface area contributed by atoms with Crippen molar-refractivity contribution in [2.45, 2.75) is 55.5 Å². The highest BCUT2D eigenvalue weighted by Gasteiger charge is 2.40. The van der Waals surface area contributed by atoms with Crippen molar-refractivity contribution in [2.24, 2.45) is 0 Å². The molecule has 0 radical (unpaired) electrons. The number of rotatable bonds is 6. The van der Waals surface area contributed by atoms with Gasteiger partial charge in [0.25, 0.3) is 0 Å². The molecule has 1 amide bonds. The molecule has 5 nitrogen and oxygen atoms in total. The van der Waals surface area contributed by atoms with Gasteiger partial charge in [-0.05, 0) is 55.0 Å². The molecule has 1 saturated heterocycles. The molecule has 0 unspecified atom stereocenters. The second kappa shape index (κ2) is 8.58. The molecule has 154 valence electrons. The van der Waals surface area contributed by atoms with E-state index in [4.69, 9.17) is 0 Å². The van der Waals surface area contributed by atoms with E-state index in [9.17, 15) is 13.2 Å². The average molecular weight is 477 g/mol. The Morgan fingerprint density at radius 3 is 2.52 bits per heavy atom. The SMILES string of the molecule is O=C1NCCCC[C@@H]1c1cc(Br)ccc1S(=O)(=O)N(Cc1ccccc1)C1CC1. The number of carbonyl (C=O) groups is 1. The first kappa shape index (κ1) is 20.6. The number of hydrogen-bond acceptors (Lipinski definition) is 3. The summed E-state index contributed by atoms with van der Waals surface area (Å²) < 4.78 is 29.9.